The molecule has 0 fully saturated rings. The van der Waals surface area contributed by atoms with Gasteiger partial charge in [-0.2, -0.15) is 5.10 Å². The summed E-state index contributed by atoms with van der Waals surface area (Å²) in [6.45, 7) is 2.88. The Morgan fingerprint density at radius 1 is 1.36 bits per heavy atom. The smallest absolute Gasteiger partial charge is 0.258 e. The molecule has 3 aromatic rings. The lowest BCUT2D eigenvalue weighted by Crippen LogP contribution is -2.29. The molecule has 0 saturated carbocycles. The average molecular weight is 421 g/mol. The molecule has 0 bridgehead atoms. The topological polar surface area (TPSA) is 71.9 Å². The molecule has 1 heterocycles. The molecule has 2 N–H and O–H groups in total. The van der Waals surface area contributed by atoms with Crippen LogP contribution in [-0.4, -0.2) is 27.3 Å². The number of nitrogens with zero attached hydrogens (tertiary/aromatic N) is 2. The Kier molecular flexibility index (Phi) is 5.50. The first-order valence-corrected chi connectivity index (χ1v) is 9.01. The fourth-order valence-electron chi connectivity index (χ4n) is 2.51. The SMILES string of the molecule is CCn1c(CNC(=O)COc2ccc3ccccc3c2Br)n[nH]c1=S. The van der Waals surface area contributed by atoms with Crippen LogP contribution in [-0.2, 0) is 17.9 Å². The number of nitrogens with one attached hydrogen (secondary N) is 2. The van der Waals surface area contributed by atoms with Crippen molar-refractivity contribution >= 4 is 44.8 Å². The molecule has 0 radical (unpaired) electrons. The van der Waals surface area contributed by atoms with Gasteiger partial charge in [-0.1, -0.05) is 30.3 Å². The van der Waals surface area contributed by atoms with Crippen molar-refractivity contribution in [3.63, 3.8) is 0 Å². The molecule has 8 heteroatoms. The lowest BCUT2D eigenvalue weighted by atomic mass is 10.1. The molecule has 0 aliphatic heterocycles. The Balaban J connectivity index is 1.61. The van der Waals surface area contributed by atoms with E-state index < -0.39 is 0 Å². The van der Waals surface area contributed by atoms with Crippen molar-refractivity contribution in [3.05, 3.63) is 51.5 Å². The third-order valence-corrected chi connectivity index (χ3v) is 4.91. The number of rotatable bonds is 6. The number of benzene rings is 2. The molecule has 0 saturated heterocycles. The summed E-state index contributed by atoms with van der Waals surface area (Å²) < 4.78 is 8.85. The Bertz CT molecular complexity index is 967. The molecule has 130 valence electrons. The number of halogens is 1. The van der Waals surface area contributed by atoms with Crippen LogP contribution in [0.2, 0.25) is 0 Å². The molecule has 3 rings (SSSR count). The molecule has 0 aliphatic rings. The molecule has 6 nitrogen and oxygen atoms in total. The summed E-state index contributed by atoms with van der Waals surface area (Å²) in [5.74, 6) is 1.09. The van der Waals surface area contributed by atoms with Crippen molar-refractivity contribution in [1.29, 1.82) is 0 Å². The first kappa shape index (κ1) is 17.6. The first-order valence-electron chi connectivity index (χ1n) is 7.81. The highest BCUT2D eigenvalue weighted by Gasteiger charge is 2.10. The van der Waals surface area contributed by atoms with Crippen molar-refractivity contribution < 1.29 is 9.53 Å². The zero-order valence-corrected chi connectivity index (χ0v) is 16.0. The number of hydrogen-bond acceptors (Lipinski definition) is 4. The van der Waals surface area contributed by atoms with Crippen LogP contribution in [0.25, 0.3) is 10.8 Å². The second kappa shape index (κ2) is 7.79. The summed E-state index contributed by atoms with van der Waals surface area (Å²) in [6.07, 6.45) is 0. The Morgan fingerprint density at radius 2 is 2.16 bits per heavy atom. The number of carbonyl (C=O) groups excluding carboxylic acids is 1. The number of hydrogen-bond donors (Lipinski definition) is 2. The van der Waals surface area contributed by atoms with Crippen molar-refractivity contribution in [3.8, 4) is 5.75 Å². The molecule has 25 heavy (non-hydrogen) atoms. The van der Waals surface area contributed by atoms with Gasteiger partial charge in [0.05, 0.1) is 11.0 Å². The molecule has 0 unspecified atom stereocenters. The largest absolute Gasteiger partial charge is 0.483 e. The van der Waals surface area contributed by atoms with Gasteiger partial charge in [0.15, 0.2) is 17.2 Å². The van der Waals surface area contributed by atoms with Crippen LogP contribution in [0.1, 0.15) is 12.7 Å². The summed E-state index contributed by atoms with van der Waals surface area (Å²) in [6, 6.07) is 11.8. The van der Waals surface area contributed by atoms with E-state index in [-0.39, 0.29) is 12.5 Å². The van der Waals surface area contributed by atoms with Gasteiger partial charge in [0.2, 0.25) is 0 Å². The van der Waals surface area contributed by atoms with Crippen molar-refractivity contribution in [1.82, 2.24) is 20.1 Å². The minimum Gasteiger partial charge on any atom is -0.483 e. The second-order valence-corrected chi connectivity index (χ2v) is 6.53. The van der Waals surface area contributed by atoms with E-state index >= 15 is 0 Å². The van der Waals surface area contributed by atoms with Gasteiger partial charge in [0.25, 0.3) is 5.91 Å². The van der Waals surface area contributed by atoms with Gasteiger partial charge < -0.3 is 14.6 Å². The van der Waals surface area contributed by atoms with Crippen LogP contribution in [0.3, 0.4) is 0 Å². The standard InChI is InChI=1S/C17H17BrN4O2S/c1-2-22-14(20-21-17(22)25)9-19-15(23)10-24-13-8-7-11-5-3-4-6-12(11)16(13)18/h3-8H,2,9-10H2,1H3,(H,19,23)(H,21,25). The number of H-pyrrole nitrogens is 1. The van der Waals surface area contributed by atoms with Crippen LogP contribution >= 0.6 is 28.1 Å². The third kappa shape index (κ3) is 3.91. The quantitative estimate of drug-likeness (QED) is 0.597. The molecule has 2 aromatic carbocycles. The van der Waals surface area contributed by atoms with Crippen LogP contribution < -0.4 is 10.1 Å². The van der Waals surface area contributed by atoms with Gasteiger partial charge in [-0.05, 0) is 51.9 Å². The van der Waals surface area contributed by atoms with E-state index in [9.17, 15) is 4.79 Å². The second-order valence-electron chi connectivity index (χ2n) is 5.35. The van der Waals surface area contributed by atoms with Crippen molar-refractivity contribution in [2.45, 2.75) is 20.0 Å². The summed E-state index contributed by atoms with van der Waals surface area (Å²) in [5.41, 5.74) is 0. The van der Waals surface area contributed by atoms with E-state index in [0.29, 0.717) is 29.4 Å². The first-order chi connectivity index (χ1) is 12.1. The highest BCUT2D eigenvalue weighted by Crippen LogP contribution is 2.32. The number of aromatic amines is 1. The van der Waals surface area contributed by atoms with E-state index in [2.05, 4.69) is 31.4 Å². The predicted octanol–water partition coefficient (Wildman–Crippen LogP) is 3.57. The number of carbonyl (C=O) groups is 1. The maximum absolute atomic E-state index is 12.0. The number of fused-ring (bicyclic) bond motifs is 1. The fraction of sp³-hybridized carbons (Fsp3) is 0.235. The van der Waals surface area contributed by atoms with Crippen molar-refractivity contribution in [2.75, 3.05) is 6.61 Å². The average Bonchev–Trinajstić information content (AvgIpc) is 2.99. The van der Waals surface area contributed by atoms with E-state index in [1.807, 2.05) is 47.9 Å². The maximum Gasteiger partial charge on any atom is 0.258 e. The van der Waals surface area contributed by atoms with E-state index in [1.54, 1.807) is 0 Å². The molecule has 0 aliphatic carbocycles. The zero-order valence-electron chi connectivity index (χ0n) is 13.6. The highest BCUT2D eigenvalue weighted by atomic mass is 79.9. The monoisotopic (exact) mass is 420 g/mol. The molecular formula is C17H17BrN4O2S. The summed E-state index contributed by atoms with van der Waals surface area (Å²) in [7, 11) is 0. The summed E-state index contributed by atoms with van der Waals surface area (Å²) >= 11 is 8.67. The summed E-state index contributed by atoms with van der Waals surface area (Å²) in [4.78, 5) is 12.0. The van der Waals surface area contributed by atoms with Crippen molar-refractivity contribution in [2.24, 2.45) is 0 Å². The Labute approximate surface area is 158 Å². The normalized spacial score (nSPS) is 10.8. The molecule has 0 atom stereocenters. The van der Waals surface area contributed by atoms with Gasteiger partial charge in [0, 0.05) is 6.54 Å². The summed E-state index contributed by atoms with van der Waals surface area (Å²) in [5, 5.41) is 11.8. The lowest BCUT2D eigenvalue weighted by molar-refractivity contribution is -0.123. The highest BCUT2D eigenvalue weighted by molar-refractivity contribution is 9.10. The van der Waals surface area contributed by atoms with Gasteiger partial charge >= 0.3 is 0 Å². The minimum absolute atomic E-state index is 0.0752. The molecular weight excluding hydrogens is 404 g/mol. The minimum atomic E-state index is -0.225. The Morgan fingerprint density at radius 3 is 2.96 bits per heavy atom. The number of ether oxygens (including phenoxy) is 1. The fourth-order valence-corrected chi connectivity index (χ4v) is 3.40. The molecule has 0 spiro atoms. The number of amides is 1. The van der Waals surface area contributed by atoms with E-state index in [1.165, 1.54) is 0 Å². The third-order valence-electron chi connectivity index (χ3n) is 3.78. The van der Waals surface area contributed by atoms with Gasteiger partial charge in [-0.25, -0.2) is 0 Å². The van der Waals surface area contributed by atoms with Gasteiger partial charge in [0.1, 0.15) is 5.75 Å². The number of aromatic nitrogens is 3. The molecule has 1 aromatic heterocycles. The van der Waals surface area contributed by atoms with Crippen LogP contribution in [0.15, 0.2) is 40.9 Å². The zero-order chi connectivity index (χ0) is 17.8. The predicted molar refractivity (Wildman–Crippen MR) is 102 cm³/mol. The van der Waals surface area contributed by atoms with Crippen LogP contribution in [0.5, 0.6) is 5.75 Å². The van der Waals surface area contributed by atoms with E-state index in [0.717, 1.165) is 15.2 Å². The van der Waals surface area contributed by atoms with E-state index in [4.69, 9.17) is 17.0 Å². The maximum atomic E-state index is 12.0. The van der Waals surface area contributed by atoms with Crippen LogP contribution in [0, 0.1) is 4.77 Å². The van der Waals surface area contributed by atoms with Gasteiger partial charge in [-0.15, -0.1) is 0 Å². The molecule has 1 amide bonds. The van der Waals surface area contributed by atoms with Crippen LogP contribution in [0.4, 0.5) is 0 Å². The lowest BCUT2D eigenvalue weighted by Gasteiger charge is -2.11. The van der Waals surface area contributed by atoms with Gasteiger partial charge in [-0.3, -0.25) is 9.89 Å². The Hall–Kier alpha value is -2.19.